The van der Waals surface area contributed by atoms with E-state index in [-0.39, 0.29) is 17.9 Å². The molecular weight excluding hydrogens is 366 g/mol. The molecule has 6 nitrogen and oxygen atoms in total. The largest absolute Gasteiger partial charge is 0.383 e. The van der Waals surface area contributed by atoms with E-state index >= 15 is 0 Å². The van der Waals surface area contributed by atoms with Crippen molar-refractivity contribution < 1.29 is 14.3 Å². The summed E-state index contributed by atoms with van der Waals surface area (Å²) >= 11 is 6.01. The molecule has 1 aromatic rings. The van der Waals surface area contributed by atoms with E-state index in [2.05, 4.69) is 4.90 Å². The number of rotatable bonds is 6. The van der Waals surface area contributed by atoms with Gasteiger partial charge in [0, 0.05) is 51.4 Å². The van der Waals surface area contributed by atoms with Crippen molar-refractivity contribution in [3.63, 3.8) is 0 Å². The number of methoxy groups -OCH3 is 1. The molecular formula is C20H28ClN3O3. The second kappa shape index (κ2) is 9.53. The van der Waals surface area contributed by atoms with Gasteiger partial charge in [-0.1, -0.05) is 23.7 Å². The fraction of sp³-hybridized carbons (Fsp3) is 0.600. The van der Waals surface area contributed by atoms with Crippen LogP contribution in [0.2, 0.25) is 5.02 Å². The van der Waals surface area contributed by atoms with Crippen LogP contribution in [0.25, 0.3) is 0 Å². The number of ether oxygens (including phenoxy) is 1. The normalized spacial score (nSPS) is 21.6. The van der Waals surface area contributed by atoms with Gasteiger partial charge in [-0.2, -0.15) is 0 Å². The van der Waals surface area contributed by atoms with Crippen molar-refractivity contribution in [2.45, 2.75) is 25.3 Å². The number of carbonyl (C=O) groups excluding carboxylic acids is 2. The van der Waals surface area contributed by atoms with Gasteiger partial charge in [0.1, 0.15) is 0 Å². The molecule has 0 saturated carbocycles. The van der Waals surface area contributed by atoms with Crippen LogP contribution < -0.4 is 0 Å². The Bertz CT molecular complexity index is 670. The number of likely N-dealkylation sites (tertiary alicyclic amines) is 1. The molecule has 1 aromatic carbocycles. The van der Waals surface area contributed by atoms with Crippen LogP contribution in [0.3, 0.4) is 0 Å². The Morgan fingerprint density at radius 3 is 2.85 bits per heavy atom. The SMILES string of the molecule is COCCN1CCC(N2CCCN(C(=O)Cc3cccc(Cl)c3)CC2)C1=O. The Kier molecular flexibility index (Phi) is 7.10. The van der Waals surface area contributed by atoms with Gasteiger partial charge in [0.25, 0.3) is 0 Å². The first kappa shape index (κ1) is 20.1. The lowest BCUT2D eigenvalue weighted by Gasteiger charge is -2.26. The van der Waals surface area contributed by atoms with Gasteiger partial charge < -0.3 is 14.5 Å². The maximum Gasteiger partial charge on any atom is 0.240 e. The number of carbonyl (C=O) groups is 2. The standard InChI is InChI=1S/C20H28ClN3O3/c1-27-13-12-24-9-6-18(20(24)26)22-7-3-8-23(11-10-22)19(25)15-16-4-2-5-17(21)14-16/h2,4-5,14,18H,3,6-13,15H2,1H3. The van der Waals surface area contributed by atoms with E-state index in [4.69, 9.17) is 16.3 Å². The molecule has 2 aliphatic heterocycles. The lowest BCUT2D eigenvalue weighted by atomic mass is 10.1. The van der Waals surface area contributed by atoms with E-state index in [1.54, 1.807) is 7.11 Å². The van der Waals surface area contributed by atoms with E-state index in [0.717, 1.165) is 44.6 Å². The number of amides is 2. The summed E-state index contributed by atoms with van der Waals surface area (Å²) in [7, 11) is 1.65. The average molecular weight is 394 g/mol. The monoisotopic (exact) mass is 393 g/mol. The van der Waals surface area contributed by atoms with Gasteiger partial charge in [-0.3, -0.25) is 14.5 Å². The molecule has 148 valence electrons. The molecule has 0 spiro atoms. The van der Waals surface area contributed by atoms with Crippen LogP contribution in [-0.4, -0.2) is 85.5 Å². The van der Waals surface area contributed by atoms with E-state index < -0.39 is 0 Å². The predicted molar refractivity (Wildman–Crippen MR) is 105 cm³/mol. The third kappa shape index (κ3) is 5.21. The smallest absolute Gasteiger partial charge is 0.240 e. The van der Waals surface area contributed by atoms with E-state index in [1.807, 2.05) is 34.1 Å². The minimum atomic E-state index is -0.0511. The minimum absolute atomic E-state index is 0.0511. The highest BCUT2D eigenvalue weighted by atomic mass is 35.5. The molecule has 3 rings (SSSR count). The lowest BCUT2D eigenvalue weighted by Crippen LogP contribution is -2.44. The minimum Gasteiger partial charge on any atom is -0.383 e. The third-order valence-electron chi connectivity index (χ3n) is 5.40. The van der Waals surface area contributed by atoms with Crippen molar-refractivity contribution in [1.29, 1.82) is 0 Å². The van der Waals surface area contributed by atoms with E-state index in [0.29, 0.717) is 31.1 Å². The van der Waals surface area contributed by atoms with Crippen molar-refractivity contribution in [2.75, 3.05) is 53.0 Å². The fourth-order valence-electron chi connectivity index (χ4n) is 3.92. The Labute approximate surface area is 166 Å². The van der Waals surface area contributed by atoms with Crippen LogP contribution in [0, 0.1) is 0 Å². The highest BCUT2D eigenvalue weighted by Crippen LogP contribution is 2.19. The molecule has 0 N–H and O–H groups in total. The first-order valence-corrected chi connectivity index (χ1v) is 10.0. The van der Waals surface area contributed by atoms with Crippen molar-refractivity contribution in [1.82, 2.24) is 14.7 Å². The van der Waals surface area contributed by atoms with Crippen molar-refractivity contribution in [3.05, 3.63) is 34.9 Å². The first-order valence-electron chi connectivity index (χ1n) is 9.62. The van der Waals surface area contributed by atoms with Crippen LogP contribution in [0.4, 0.5) is 0 Å². The van der Waals surface area contributed by atoms with Gasteiger partial charge in [-0.15, -0.1) is 0 Å². The Balaban J connectivity index is 1.53. The van der Waals surface area contributed by atoms with E-state index in [1.165, 1.54) is 0 Å². The van der Waals surface area contributed by atoms with Gasteiger partial charge in [-0.05, 0) is 30.5 Å². The zero-order valence-electron chi connectivity index (χ0n) is 15.9. The molecule has 0 aliphatic carbocycles. The van der Waals surface area contributed by atoms with Crippen molar-refractivity contribution in [3.8, 4) is 0 Å². The quantitative estimate of drug-likeness (QED) is 0.737. The number of halogens is 1. The van der Waals surface area contributed by atoms with Crippen LogP contribution >= 0.6 is 11.6 Å². The number of nitrogens with zero attached hydrogens (tertiary/aromatic N) is 3. The molecule has 0 aromatic heterocycles. The number of hydrogen-bond acceptors (Lipinski definition) is 4. The summed E-state index contributed by atoms with van der Waals surface area (Å²) in [5.74, 6) is 0.323. The summed E-state index contributed by atoms with van der Waals surface area (Å²) in [6.07, 6.45) is 2.12. The maximum atomic E-state index is 12.7. The first-order chi connectivity index (χ1) is 13.1. The Morgan fingerprint density at radius 1 is 1.22 bits per heavy atom. The highest BCUT2D eigenvalue weighted by Gasteiger charge is 2.36. The van der Waals surface area contributed by atoms with E-state index in [9.17, 15) is 9.59 Å². The molecule has 2 heterocycles. The van der Waals surface area contributed by atoms with Gasteiger partial charge in [0.05, 0.1) is 19.1 Å². The molecule has 2 saturated heterocycles. The molecule has 2 amide bonds. The predicted octanol–water partition coefficient (Wildman–Crippen LogP) is 1.66. The highest BCUT2D eigenvalue weighted by molar-refractivity contribution is 6.30. The summed E-state index contributed by atoms with van der Waals surface area (Å²) in [6.45, 7) is 5.03. The number of hydrogen-bond donors (Lipinski definition) is 0. The maximum absolute atomic E-state index is 12.7. The lowest BCUT2D eigenvalue weighted by molar-refractivity contribution is -0.132. The number of benzene rings is 1. The summed E-state index contributed by atoms with van der Waals surface area (Å²) in [6, 6.07) is 7.41. The van der Waals surface area contributed by atoms with Crippen molar-refractivity contribution >= 4 is 23.4 Å². The molecule has 1 atom stereocenters. The summed E-state index contributed by atoms with van der Waals surface area (Å²) in [5, 5.41) is 0.653. The summed E-state index contributed by atoms with van der Waals surface area (Å²) in [5.41, 5.74) is 0.938. The molecule has 0 bridgehead atoms. The zero-order chi connectivity index (χ0) is 19.2. The summed E-state index contributed by atoms with van der Waals surface area (Å²) < 4.78 is 5.09. The van der Waals surface area contributed by atoms with Gasteiger partial charge >= 0.3 is 0 Å². The van der Waals surface area contributed by atoms with Crippen LogP contribution in [0.1, 0.15) is 18.4 Å². The summed E-state index contributed by atoms with van der Waals surface area (Å²) in [4.78, 5) is 31.4. The topological polar surface area (TPSA) is 53.1 Å². The van der Waals surface area contributed by atoms with Gasteiger partial charge in [-0.25, -0.2) is 0 Å². The molecule has 2 fully saturated rings. The molecule has 2 aliphatic rings. The zero-order valence-corrected chi connectivity index (χ0v) is 16.7. The van der Waals surface area contributed by atoms with Crippen LogP contribution in [0.5, 0.6) is 0 Å². The Hall–Kier alpha value is -1.63. The van der Waals surface area contributed by atoms with Crippen LogP contribution in [-0.2, 0) is 20.7 Å². The second-order valence-electron chi connectivity index (χ2n) is 7.20. The average Bonchev–Trinajstić information content (AvgIpc) is 2.86. The Morgan fingerprint density at radius 2 is 2.07 bits per heavy atom. The third-order valence-corrected chi connectivity index (χ3v) is 5.64. The molecule has 7 heteroatoms. The molecule has 0 radical (unpaired) electrons. The molecule has 1 unspecified atom stereocenters. The van der Waals surface area contributed by atoms with Gasteiger partial charge in [0.15, 0.2) is 0 Å². The van der Waals surface area contributed by atoms with Crippen LogP contribution in [0.15, 0.2) is 24.3 Å². The van der Waals surface area contributed by atoms with Crippen molar-refractivity contribution in [2.24, 2.45) is 0 Å². The fourth-order valence-corrected chi connectivity index (χ4v) is 4.13. The second-order valence-corrected chi connectivity index (χ2v) is 7.64. The molecule has 27 heavy (non-hydrogen) atoms. The van der Waals surface area contributed by atoms with Gasteiger partial charge in [0.2, 0.25) is 11.8 Å².